The van der Waals surface area contributed by atoms with Gasteiger partial charge in [0.1, 0.15) is 8.07 Å². The van der Waals surface area contributed by atoms with Crippen LogP contribution >= 0.6 is 0 Å². The van der Waals surface area contributed by atoms with Gasteiger partial charge in [0.15, 0.2) is 0 Å². The fourth-order valence-corrected chi connectivity index (χ4v) is 2.13. The maximum Gasteiger partial charge on any atom is 0.131 e. The molecule has 0 aromatic heterocycles. The van der Waals surface area contributed by atoms with Gasteiger partial charge in [0, 0.05) is 17.2 Å². The van der Waals surface area contributed by atoms with Crippen LogP contribution in [0, 0.1) is 11.6 Å². The fourth-order valence-electron chi connectivity index (χ4n) is 1.74. The highest BCUT2D eigenvalue weighted by atomic mass is 28.3. The Morgan fingerprint density at radius 3 is 1.65 bits per heavy atom. The van der Waals surface area contributed by atoms with Crippen LogP contribution in [0.5, 0.6) is 0 Å². The number of hydrogen-bond acceptors (Lipinski definition) is 1. The molecule has 2 rings (SSSR count). The first-order valence-electron chi connectivity index (χ1n) is 6.77. The van der Waals surface area contributed by atoms with Gasteiger partial charge in [-0.1, -0.05) is 80.3 Å². The molecule has 1 nitrogen and oxygen atoms in total. The van der Waals surface area contributed by atoms with Crippen LogP contribution in [0.25, 0.3) is 0 Å². The summed E-state index contributed by atoms with van der Waals surface area (Å²) < 4.78 is 0. The average molecular weight is 277 g/mol. The first-order valence-corrected chi connectivity index (χ1v) is 10.3. The van der Waals surface area contributed by atoms with Crippen molar-refractivity contribution in [3.05, 3.63) is 71.8 Å². The van der Waals surface area contributed by atoms with Crippen molar-refractivity contribution in [1.29, 1.82) is 0 Å². The lowest BCUT2D eigenvalue weighted by Gasteiger charge is -2.06. The maximum atomic E-state index is 4.54. The van der Waals surface area contributed by atoms with Crippen LogP contribution in [0.2, 0.25) is 19.6 Å². The molecule has 100 valence electrons. The standard InChI is InChI=1S/C18H19NSi/c1-20(2,3)15-14-19-18(16-10-6-4-7-11-16)17-12-8-5-9-13-17/h4-13H,1-3H3. The zero-order valence-electron chi connectivity index (χ0n) is 12.2. The number of benzene rings is 2. The number of aliphatic imine (C=N–C) groups is 1. The highest BCUT2D eigenvalue weighted by Gasteiger charge is 2.08. The van der Waals surface area contributed by atoms with Crippen molar-refractivity contribution in [1.82, 2.24) is 0 Å². The van der Waals surface area contributed by atoms with E-state index in [4.69, 9.17) is 0 Å². The molecule has 0 radical (unpaired) electrons. The Labute approximate surface area is 122 Å². The van der Waals surface area contributed by atoms with Gasteiger partial charge in [0.2, 0.25) is 0 Å². The normalized spacial score (nSPS) is 10.3. The Morgan fingerprint density at radius 2 is 1.25 bits per heavy atom. The van der Waals surface area contributed by atoms with E-state index >= 15 is 0 Å². The summed E-state index contributed by atoms with van der Waals surface area (Å²) in [6.45, 7) is 6.67. The molecule has 0 amide bonds. The molecule has 2 aromatic rings. The third-order valence-corrected chi connectivity index (χ3v) is 3.55. The zero-order valence-corrected chi connectivity index (χ0v) is 13.2. The smallest absolute Gasteiger partial charge is 0.131 e. The summed E-state index contributed by atoms with van der Waals surface area (Å²) in [7, 11) is -1.39. The predicted octanol–water partition coefficient (Wildman–Crippen LogP) is 4.36. The molecule has 0 N–H and O–H groups in total. The van der Waals surface area contributed by atoms with Crippen molar-refractivity contribution in [3.8, 4) is 11.6 Å². The lowest BCUT2D eigenvalue weighted by molar-refractivity contribution is 1.54. The van der Waals surface area contributed by atoms with Crippen molar-refractivity contribution < 1.29 is 0 Å². The highest BCUT2D eigenvalue weighted by Crippen LogP contribution is 2.10. The minimum Gasteiger partial charge on any atom is -0.197 e. The SMILES string of the molecule is C[Si](C)(C)C#CN=C(c1ccccc1)c1ccccc1. The molecule has 2 aromatic carbocycles. The van der Waals surface area contributed by atoms with Crippen LogP contribution in [0.3, 0.4) is 0 Å². The van der Waals surface area contributed by atoms with E-state index in [9.17, 15) is 0 Å². The lowest BCUT2D eigenvalue weighted by atomic mass is 10.0. The summed E-state index contributed by atoms with van der Waals surface area (Å²) >= 11 is 0. The fraction of sp³-hybridized carbons (Fsp3) is 0.167. The van der Waals surface area contributed by atoms with E-state index in [2.05, 4.69) is 60.5 Å². The largest absolute Gasteiger partial charge is 0.197 e. The van der Waals surface area contributed by atoms with E-state index in [-0.39, 0.29) is 0 Å². The monoisotopic (exact) mass is 277 g/mol. The van der Waals surface area contributed by atoms with Crippen LogP contribution in [0.15, 0.2) is 65.7 Å². The summed E-state index contributed by atoms with van der Waals surface area (Å²) in [5, 5.41) is 0. The van der Waals surface area contributed by atoms with Crippen molar-refractivity contribution in [2.45, 2.75) is 19.6 Å². The molecule has 0 fully saturated rings. The Morgan fingerprint density at radius 1 is 0.800 bits per heavy atom. The highest BCUT2D eigenvalue weighted by molar-refractivity contribution is 6.83. The molecule has 0 spiro atoms. The Balaban J connectivity index is 2.45. The predicted molar refractivity (Wildman–Crippen MR) is 89.6 cm³/mol. The molecule has 20 heavy (non-hydrogen) atoms. The van der Waals surface area contributed by atoms with E-state index in [0.29, 0.717) is 0 Å². The number of hydrogen-bond donors (Lipinski definition) is 0. The van der Waals surface area contributed by atoms with Crippen molar-refractivity contribution >= 4 is 13.8 Å². The molecule has 0 aliphatic carbocycles. The molecule has 2 heteroatoms. The first kappa shape index (κ1) is 14.3. The van der Waals surface area contributed by atoms with Gasteiger partial charge in [-0.3, -0.25) is 0 Å². The molecule has 0 saturated carbocycles. The number of rotatable bonds is 2. The third-order valence-electron chi connectivity index (χ3n) is 2.69. The third kappa shape index (κ3) is 4.22. The van der Waals surface area contributed by atoms with Crippen LogP contribution < -0.4 is 0 Å². The van der Waals surface area contributed by atoms with E-state index in [1.807, 2.05) is 36.4 Å². The summed E-state index contributed by atoms with van der Waals surface area (Å²) in [6.07, 6.45) is 0. The lowest BCUT2D eigenvalue weighted by Crippen LogP contribution is -2.16. The van der Waals surface area contributed by atoms with Gasteiger partial charge in [-0.2, -0.15) is 4.99 Å². The van der Waals surface area contributed by atoms with Gasteiger partial charge in [-0.25, -0.2) is 0 Å². The van der Waals surface area contributed by atoms with Gasteiger partial charge >= 0.3 is 0 Å². The van der Waals surface area contributed by atoms with Gasteiger partial charge in [0.25, 0.3) is 0 Å². The first-order chi connectivity index (χ1) is 9.56. The topological polar surface area (TPSA) is 12.4 Å². The second kappa shape index (κ2) is 6.36. The second-order valence-corrected chi connectivity index (χ2v) is 10.4. The Hall–Kier alpha value is -2.11. The molecular formula is C18H19NSi. The molecule has 0 aliphatic heterocycles. The summed E-state index contributed by atoms with van der Waals surface area (Å²) in [5.74, 6) is 0. The molecule has 0 atom stereocenters. The molecule has 0 saturated heterocycles. The maximum absolute atomic E-state index is 4.54. The van der Waals surface area contributed by atoms with Crippen molar-refractivity contribution in [2.75, 3.05) is 0 Å². The van der Waals surface area contributed by atoms with E-state index in [1.165, 1.54) is 0 Å². The zero-order chi connectivity index (χ0) is 14.4. The average Bonchev–Trinajstić information content (AvgIpc) is 2.44. The Bertz CT molecular complexity index is 599. The van der Waals surface area contributed by atoms with Gasteiger partial charge in [-0.15, -0.1) is 5.54 Å². The van der Waals surface area contributed by atoms with E-state index < -0.39 is 8.07 Å². The second-order valence-electron chi connectivity index (χ2n) is 5.68. The van der Waals surface area contributed by atoms with Crippen LogP contribution in [0.4, 0.5) is 0 Å². The van der Waals surface area contributed by atoms with Crippen molar-refractivity contribution in [3.63, 3.8) is 0 Å². The summed E-state index contributed by atoms with van der Waals surface area (Å²) in [4.78, 5) is 4.54. The van der Waals surface area contributed by atoms with Gasteiger partial charge < -0.3 is 0 Å². The van der Waals surface area contributed by atoms with Crippen LogP contribution in [0.1, 0.15) is 11.1 Å². The molecule has 0 bridgehead atoms. The number of nitrogens with zero attached hydrogens (tertiary/aromatic N) is 1. The quantitative estimate of drug-likeness (QED) is 0.439. The van der Waals surface area contributed by atoms with Crippen LogP contribution in [-0.4, -0.2) is 13.8 Å². The molecule has 0 heterocycles. The van der Waals surface area contributed by atoms with Gasteiger partial charge in [0.05, 0.1) is 5.71 Å². The molecular weight excluding hydrogens is 258 g/mol. The minimum atomic E-state index is -1.39. The summed E-state index contributed by atoms with van der Waals surface area (Å²) in [5.41, 5.74) is 6.44. The van der Waals surface area contributed by atoms with Crippen LogP contribution in [-0.2, 0) is 0 Å². The minimum absolute atomic E-state index is 0.942. The molecule has 0 aliphatic rings. The van der Waals surface area contributed by atoms with Gasteiger partial charge in [-0.05, 0) is 0 Å². The van der Waals surface area contributed by atoms with E-state index in [0.717, 1.165) is 16.8 Å². The summed E-state index contributed by atoms with van der Waals surface area (Å²) in [6, 6.07) is 23.4. The van der Waals surface area contributed by atoms with Crippen molar-refractivity contribution in [2.24, 2.45) is 4.99 Å². The molecule has 0 unspecified atom stereocenters. The van der Waals surface area contributed by atoms with E-state index in [1.54, 1.807) is 0 Å². The Kier molecular flexibility index (Phi) is 4.55.